The fraction of sp³-hybridized carbons (Fsp3) is 0.348. The van der Waals surface area contributed by atoms with Gasteiger partial charge in [0.05, 0.1) is 12.0 Å². The van der Waals surface area contributed by atoms with Crippen LogP contribution in [0, 0.1) is 0 Å². The Kier molecular flexibility index (Phi) is 6.38. The molecule has 30 heavy (non-hydrogen) atoms. The van der Waals surface area contributed by atoms with Gasteiger partial charge in [-0.2, -0.15) is 0 Å². The highest BCUT2D eigenvalue weighted by Crippen LogP contribution is 2.35. The Bertz CT molecular complexity index is 1080. The van der Waals surface area contributed by atoms with Crippen molar-refractivity contribution in [1.29, 1.82) is 0 Å². The molecule has 0 radical (unpaired) electrons. The van der Waals surface area contributed by atoms with Crippen LogP contribution >= 0.6 is 11.8 Å². The smallest absolute Gasteiger partial charge is 0.276 e. The molecule has 0 saturated heterocycles. The minimum Gasteiger partial charge on any atom is -0.493 e. The molecule has 7 heteroatoms. The van der Waals surface area contributed by atoms with Gasteiger partial charge < -0.3 is 4.74 Å². The normalized spacial score (nSPS) is 17.5. The van der Waals surface area contributed by atoms with Crippen molar-refractivity contribution in [2.75, 3.05) is 12.9 Å². The number of rotatable bonds is 7. The molecule has 0 saturated carbocycles. The van der Waals surface area contributed by atoms with Crippen LogP contribution in [0.5, 0.6) is 5.75 Å². The quantitative estimate of drug-likeness (QED) is 0.696. The van der Waals surface area contributed by atoms with Crippen molar-refractivity contribution in [3.63, 3.8) is 0 Å². The Labute approximate surface area is 180 Å². The second kappa shape index (κ2) is 9.34. The van der Waals surface area contributed by atoms with E-state index in [4.69, 9.17) is 9.73 Å². The van der Waals surface area contributed by atoms with Gasteiger partial charge in [0.1, 0.15) is 11.4 Å². The number of ether oxygens (including phenoxy) is 1. The zero-order chi connectivity index (χ0) is 20.9. The summed E-state index contributed by atoms with van der Waals surface area (Å²) in [5, 5.41) is 11.4. The van der Waals surface area contributed by atoms with E-state index >= 15 is 0 Å². The van der Waals surface area contributed by atoms with Gasteiger partial charge in [0.15, 0.2) is 11.3 Å². The molecule has 2 aromatic carbocycles. The van der Waals surface area contributed by atoms with Gasteiger partial charge in [-0.05, 0) is 24.8 Å². The van der Waals surface area contributed by atoms with Crippen LogP contribution in [0.3, 0.4) is 0 Å². The predicted octanol–water partition coefficient (Wildman–Crippen LogP) is 3.15. The molecule has 1 N–H and O–H groups in total. The number of nitrogens with one attached hydrogen (secondary N) is 1. The third-order valence-electron chi connectivity index (χ3n) is 5.16. The first-order valence-corrected chi connectivity index (χ1v) is 11.6. The third kappa shape index (κ3) is 4.07. The highest BCUT2D eigenvalue weighted by atomic mass is 32.2. The number of amidine groups is 1. The van der Waals surface area contributed by atoms with Crippen LogP contribution in [0.15, 0.2) is 58.6 Å². The van der Waals surface area contributed by atoms with Gasteiger partial charge >= 0.3 is 0 Å². The molecule has 4 rings (SSSR count). The van der Waals surface area contributed by atoms with Crippen LogP contribution in [-0.4, -0.2) is 28.9 Å². The molecule has 0 unspecified atom stereocenters. The molecule has 156 valence electrons. The predicted molar refractivity (Wildman–Crippen MR) is 120 cm³/mol. The molecule has 1 amide bonds. The number of unbranched alkanes of at least 4 members (excludes halogenated alkanes) is 3. The number of carbonyl (C=O) groups excluding carboxylic acids is 1. The minimum absolute atomic E-state index is 0.167. The molecule has 0 fully saturated rings. The number of nitrogens with zero attached hydrogens (tertiary/aromatic N) is 3. The van der Waals surface area contributed by atoms with Gasteiger partial charge in [-0.25, -0.2) is 5.01 Å². The first kappa shape index (κ1) is 20.5. The molecule has 1 atom stereocenters. The van der Waals surface area contributed by atoms with Crippen molar-refractivity contribution in [2.24, 2.45) is 10.1 Å². The van der Waals surface area contributed by atoms with Gasteiger partial charge in [-0.3, -0.25) is 15.1 Å². The standard InChI is InChI=1S/C23H26N4O2S/c1-3-4-5-10-15-29-19-14-9-7-12-17(19)21-24-18-13-8-6-11-16(18)20-22(28)25-23(30-2)26-27(20)21/h6-9,11-14,21H,3-5,10,15H2,1-2H3,(H,25,26,28)/t21-/m0/s1. The molecule has 2 heterocycles. The number of hydrazone groups is 1. The number of hydrogen-bond acceptors (Lipinski definition) is 6. The van der Waals surface area contributed by atoms with Gasteiger partial charge in [-0.1, -0.05) is 74.3 Å². The number of benzene rings is 2. The minimum atomic E-state index is -0.463. The second-order valence-corrected chi connectivity index (χ2v) is 8.02. The van der Waals surface area contributed by atoms with Crippen molar-refractivity contribution in [3.8, 4) is 5.75 Å². The Balaban J connectivity index is 1.75. The number of thioether (sulfide) groups is 1. The summed E-state index contributed by atoms with van der Waals surface area (Å²) in [7, 11) is 0. The van der Waals surface area contributed by atoms with Crippen LogP contribution in [0.1, 0.15) is 44.3 Å². The summed E-state index contributed by atoms with van der Waals surface area (Å²) in [5.74, 6) is 0.619. The maximum absolute atomic E-state index is 12.9. The van der Waals surface area contributed by atoms with E-state index in [0.717, 1.165) is 34.7 Å². The Morgan fingerprint density at radius 1 is 1.10 bits per heavy atom. The summed E-state index contributed by atoms with van der Waals surface area (Å²) < 4.78 is 6.13. The fourth-order valence-corrected chi connectivity index (χ4v) is 4.02. The number of carbonyl (C=O) groups is 1. The van der Waals surface area contributed by atoms with Crippen LogP contribution < -0.4 is 20.6 Å². The molecule has 0 aliphatic carbocycles. The lowest BCUT2D eigenvalue weighted by molar-refractivity contribution is -0.116. The monoisotopic (exact) mass is 422 g/mol. The van der Waals surface area contributed by atoms with Crippen molar-refractivity contribution in [3.05, 3.63) is 64.7 Å². The summed E-state index contributed by atoms with van der Waals surface area (Å²) in [4.78, 5) is 17.9. The topological polar surface area (TPSA) is 66.3 Å². The Morgan fingerprint density at radius 3 is 2.73 bits per heavy atom. The van der Waals surface area contributed by atoms with E-state index in [9.17, 15) is 4.79 Å². The summed E-state index contributed by atoms with van der Waals surface area (Å²) in [6, 6.07) is 15.6. The van der Waals surface area contributed by atoms with Crippen molar-refractivity contribution >= 4 is 28.5 Å². The average Bonchev–Trinajstić information content (AvgIpc) is 2.78. The first-order valence-electron chi connectivity index (χ1n) is 10.3. The van der Waals surface area contributed by atoms with Crippen molar-refractivity contribution in [1.82, 2.24) is 10.3 Å². The van der Waals surface area contributed by atoms with E-state index < -0.39 is 6.17 Å². The number of para-hydroxylation sites is 2. The molecular weight excluding hydrogens is 396 g/mol. The summed E-state index contributed by atoms with van der Waals surface area (Å²) in [6.07, 6.45) is 6.02. The molecular formula is C23H26N4O2S. The summed E-state index contributed by atoms with van der Waals surface area (Å²) in [5.41, 5.74) is 1.42. The van der Waals surface area contributed by atoms with Gasteiger partial charge in [0, 0.05) is 10.8 Å². The Hall–Kier alpha value is -2.80. The van der Waals surface area contributed by atoms with E-state index in [2.05, 4.69) is 17.3 Å². The van der Waals surface area contributed by atoms with E-state index in [1.54, 1.807) is 5.01 Å². The van der Waals surface area contributed by atoms with Crippen molar-refractivity contribution < 1.29 is 9.53 Å². The van der Waals surface area contributed by atoms with E-state index in [0.29, 0.717) is 17.5 Å². The molecule has 0 bridgehead atoms. The molecule has 6 nitrogen and oxygen atoms in total. The highest BCUT2D eigenvalue weighted by molar-refractivity contribution is 8.13. The molecule has 0 aromatic heterocycles. The Morgan fingerprint density at radius 2 is 1.90 bits per heavy atom. The van der Waals surface area contributed by atoms with Gasteiger partial charge in [0.25, 0.3) is 5.91 Å². The lowest BCUT2D eigenvalue weighted by Crippen LogP contribution is -2.50. The number of amides is 1. The van der Waals surface area contributed by atoms with Crippen molar-refractivity contribution in [2.45, 2.75) is 38.8 Å². The summed E-state index contributed by atoms with van der Waals surface area (Å²) in [6.45, 7) is 2.86. The zero-order valence-corrected chi connectivity index (χ0v) is 18.1. The van der Waals surface area contributed by atoms with E-state index in [1.165, 1.54) is 24.6 Å². The first-order chi connectivity index (χ1) is 14.7. The molecule has 0 spiro atoms. The van der Waals surface area contributed by atoms with Crippen LogP contribution in [0.4, 0.5) is 0 Å². The van der Waals surface area contributed by atoms with E-state index in [-0.39, 0.29) is 5.91 Å². The lowest BCUT2D eigenvalue weighted by atomic mass is 10.1. The molecule has 2 aliphatic heterocycles. The van der Waals surface area contributed by atoms with Gasteiger partial charge in [0.2, 0.25) is 0 Å². The van der Waals surface area contributed by atoms with Crippen LogP contribution in [0.2, 0.25) is 0 Å². The molecule has 2 aromatic rings. The third-order valence-corrected chi connectivity index (χ3v) is 5.73. The fourth-order valence-electron chi connectivity index (χ4n) is 3.66. The van der Waals surface area contributed by atoms with E-state index in [1.807, 2.05) is 54.8 Å². The number of fused-ring (bicyclic) bond motifs is 2. The summed E-state index contributed by atoms with van der Waals surface area (Å²) >= 11 is 1.40. The maximum atomic E-state index is 12.9. The number of hydrogen-bond donors (Lipinski definition) is 1. The lowest BCUT2D eigenvalue weighted by Gasteiger charge is -2.34. The zero-order valence-electron chi connectivity index (χ0n) is 17.3. The largest absolute Gasteiger partial charge is 0.493 e. The second-order valence-electron chi connectivity index (χ2n) is 7.22. The van der Waals surface area contributed by atoms with Crippen LogP contribution in [-0.2, 0) is 4.79 Å². The van der Waals surface area contributed by atoms with Crippen LogP contribution in [0.25, 0.3) is 5.70 Å². The SMILES string of the molecule is CCCCCCOc1ccccc1[C@H]1N=c2ccccc2=C2C(=O)NC(SC)=NN21. The maximum Gasteiger partial charge on any atom is 0.276 e. The highest BCUT2D eigenvalue weighted by Gasteiger charge is 2.35. The molecule has 2 aliphatic rings. The average molecular weight is 423 g/mol. The van der Waals surface area contributed by atoms with Gasteiger partial charge in [-0.15, -0.1) is 5.10 Å².